The quantitative estimate of drug-likeness (QED) is 0.686. The Balaban J connectivity index is 2.08. The van der Waals surface area contributed by atoms with Crippen LogP contribution in [0.3, 0.4) is 0 Å². The van der Waals surface area contributed by atoms with Gasteiger partial charge in [0.15, 0.2) is 0 Å². The van der Waals surface area contributed by atoms with Gasteiger partial charge in [0.25, 0.3) is 0 Å². The number of H-pyrrole nitrogens is 1. The minimum absolute atomic E-state index is 0.156. The normalized spacial score (nSPS) is 24.1. The molecule has 1 saturated heterocycles. The largest absolute Gasteiger partial charge is 0.384 e. The topological polar surface area (TPSA) is 60.9 Å². The second kappa shape index (κ2) is 4.33. The third kappa shape index (κ3) is 2.21. The lowest BCUT2D eigenvalue weighted by Gasteiger charge is -2.26. The first-order valence-corrected chi connectivity index (χ1v) is 5.63. The van der Waals surface area contributed by atoms with E-state index in [0.717, 1.165) is 24.4 Å². The summed E-state index contributed by atoms with van der Waals surface area (Å²) < 4.78 is 0. The van der Waals surface area contributed by atoms with E-state index in [9.17, 15) is 5.11 Å². The molecule has 0 spiro atoms. The van der Waals surface area contributed by atoms with E-state index < -0.39 is 6.10 Å². The van der Waals surface area contributed by atoms with Crippen LogP contribution in [-0.2, 0) is 0 Å². The Morgan fingerprint density at radius 1 is 1.40 bits per heavy atom. The average Bonchev–Trinajstić information content (AvgIpc) is 2.59. The summed E-state index contributed by atoms with van der Waals surface area (Å²) in [6.07, 6.45) is 2.92. The smallest absolute Gasteiger partial charge is 0.137 e. The Bertz CT molecular complexity index is 309. The number of hydrogen-bond acceptors (Lipinski definition) is 3. The van der Waals surface area contributed by atoms with Gasteiger partial charge in [-0.1, -0.05) is 6.42 Å². The molecule has 0 aromatic carbocycles. The summed E-state index contributed by atoms with van der Waals surface area (Å²) in [4.78, 5) is 7.48. The molecule has 1 aliphatic rings. The number of aromatic amines is 1. The molecule has 4 nitrogen and oxygen atoms in total. The van der Waals surface area contributed by atoms with E-state index in [4.69, 9.17) is 0 Å². The van der Waals surface area contributed by atoms with E-state index in [2.05, 4.69) is 15.3 Å². The number of aryl methyl sites for hydroxylation is 2. The second-order valence-electron chi connectivity index (χ2n) is 4.33. The van der Waals surface area contributed by atoms with Crippen LogP contribution in [0.25, 0.3) is 0 Å². The van der Waals surface area contributed by atoms with Crippen LogP contribution in [0.2, 0.25) is 0 Å². The molecular formula is C11H19N3O. The van der Waals surface area contributed by atoms with Crippen molar-refractivity contribution in [1.82, 2.24) is 15.3 Å². The summed E-state index contributed by atoms with van der Waals surface area (Å²) in [5.41, 5.74) is 2.01. The van der Waals surface area contributed by atoms with E-state index in [1.165, 1.54) is 12.8 Å². The first-order valence-electron chi connectivity index (χ1n) is 5.63. The maximum Gasteiger partial charge on any atom is 0.137 e. The molecular weight excluding hydrogens is 190 g/mol. The van der Waals surface area contributed by atoms with Crippen molar-refractivity contribution in [3.05, 3.63) is 17.2 Å². The lowest BCUT2D eigenvalue weighted by atomic mass is 9.99. The van der Waals surface area contributed by atoms with E-state index in [-0.39, 0.29) is 6.04 Å². The molecule has 0 saturated carbocycles. The molecule has 2 heterocycles. The van der Waals surface area contributed by atoms with Crippen LogP contribution in [-0.4, -0.2) is 27.7 Å². The van der Waals surface area contributed by atoms with Gasteiger partial charge in [0.1, 0.15) is 11.9 Å². The van der Waals surface area contributed by atoms with Crippen molar-refractivity contribution in [3.8, 4) is 0 Å². The number of nitrogens with zero attached hydrogens (tertiary/aromatic N) is 1. The van der Waals surface area contributed by atoms with Gasteiger partial charge in [-0.05, 0) is 33.2 Å². The van der Waals surface area contributed by atoms with Crippen molar-refractivity contribution in [1.29, 1.82) is 0 Å². The zero-order valence-corrected chi connectivity index (χ0v) is 9.38. The first kappa shape index (κ1) is 10.6. The van der Waals surface area contributed by atoms with Gasteiger partial charge in [-0.15, -0.1) is 0 Å². The lowest BCUT2D eigenvalue weighted by Crippen LogP contribution is -2.39. The maximum absolute atomic E-state index is 10.1. The maximum atomic E-state index is 10.1. The Morgan fingerprint density at radius 3 is 2.73 bits per heavy atom. The molecule has 2 rings (SSSR count). The highest BCUT2D eigenvalue weighted by atomic mass is 16.3. The Labute approximate surface area is 90.1 Å². The first-order chi connectivity index (χ1) is 7.18. The van der Waals surface area contributed by atoms with Crippen LogP contribution in [0.5, 0.6) is 0 Å². The zero-order valence-electron chi connectivity index (χ0n) is 9.38. The number of aromatic nitrogens is 2. The van der Waals surface area contributed by atoms with Gasteiger partial charge in [-0.2, -0.15) is 0 Å². The molecule has 2 unspecified atom stereocenters. The predicted octanol–water partition coefficient (Wildman–Crippen LogP) is 1.20. The highest BCUT2D eigenvalue weighted by molar-refractivity contribution is 5.13. The van der Waals surface area contributed by atoms with Crippen LogP contribution >= 0.6 is 0 Å². The number of aliphatic hydroxyl groups excluding tert-OH is 1. The van der Waals surface area contributed by atoms with Crippen LogP contribution in [0, 0.1) is 13.8 Å². The molecule has 3 N–H and O–H groups in total. The Kier molecular flexibility index (Phi) is 3.07. The molecule has 0 aliphatic carbocycles. The molecule has 15 heavy (non-hydrogen) atoms. The minimum Gasteiger partial charge on any atom is -0.384 e. The second-order valence-corrected chi connectivity index (χ2v) is 4.33. The van der Waals surface area contributed by atoms with Gasteiger partial charge in [0.2, 0.25) is 0 Å². The van der Waals surface area contributed by atoms with Gasteiger partial charge >= 0.3 is 0 Å². The van der Waals surface area contributed by atoms with Crippen molar-refractivity contribution >= 4 is 0 Å². The van der Waals surface area contributed by atoms with Crippen molar-refractivity contribution in [2.45, 2.75) is 45.3 Å². The summed E-state index contributed by atoms with van der Waals surface area (Å²) >= 11 is 0. The zero-order chi connectivity index (χ0) is 10.8. The van der Waals surface area contributed by atoms with Crippen molar-refractivity contribution in [2.75, 3.05) is 6.54 Å². The predicted molar refractivity (Wildman–Crippen MR) is 58.7 cm³/mol. The van der Waals surface area contributed by atoms with E-state index in [1.807, 2.05) is 13.8 Å². The van der Waals surface area contributed by atoms with Crippen LogP contribution in [0.1, 0.15) is 42.6 Å². The summed E-state index contributed by atoms with van der Waals surface area (Å²) in [6.45, 7) is 4.93. The summed E-state index contributed by atoms with van der Waals surface area (Å²) in [6, 6.07) is 0.156. The number of aliphatic hydroxyl groups is 1. The molecule has 4 heteroatoms. The van der Waals surface area contributed by atoms with Crippen molar-refractivity contribution in [3.63, 3.8) is 0 Å². The molecule has 1 aromatic heterocycles. The number of piperidine rings is 1. The highest BCUT2D eigenvalue weighted by Crippen LogP contribution is 2.21. The molecule has 0 amide bonds. The van der Waals surface area contributed by atoms with Gasteiger partial charge in [-0.25, -0.2) is 4.98 Å². The fraction of sp³-hybridized carbons (Fsp3) is 0.727. The van der Waals surface area contributed by atoms with Gasteiger partial charge in [0.05, 0.1) is 5.69 Å². The number of hydrogen-bond donors (Lipinski definition) is 3. The van der Waals surface area contributed by atoms with E-state index in [0.29, 0.717) is 5.82 Å². The van der Waals surface area contributed by atoms with Crippen molar-refractivity contribution < 1.29 is 5.11 Å². The van der Waals surface area contributed by atoms with Gasteiger partial charge in [-0.3, -0.25) is 0 Å². The summed E-state index contributed by atoms with van der Waals surface area (Å²) in [7, 11) is 0. The molecule has 1 aliphatic heterocycles. The third-order valence-electron chi connectivity index (χ3n) is 3.16. The van der Waals surface area contributed by atoms with Crippen molar-refractivity contribution in [2.24, 2.45) is 0 Å². The fourth-order valence-electron chi connectivity index (χ4n) is 2.05. The fourth-order valence-corrected chi connectivity index (χ4v) is 2.05. The minimum atomic E-state index is -0.502. The van der Waals surface area contributed by atoms with Crippen LogP contribution in [0.15, 0.2) is 0 Å². The molecule has 0 radical (unpaired) electrons. The van der Waals surface area contributed by atoms with E-state index >= 15 is 0 Å². The number of imidazole rings is 1. The SMILES string of the molecule is Cc1nc(C(O)C2CCCCN2)[nH]c1C. The van der Waals surface area contributed by atoms with Crippen LogP contribution < -0.4 is 5.32 Å². The lowest BCUT2D eigenvalue weighted by molar-refractivity contribution is 0.106. The summed E-state index contributed by atoms with van der Waals surface area (Å²) in [5.74, 6) is 0.699. The number of nitrogens with one attached hydrogen (secondary N) is 2. The highest BCUT2D eigenvalue weighted by Gasteiger charge is 2.24. The van der Waals surface area contributed by atoms with Gasteiger partial charge in [0, 0.05) is 11.7 Å². The molecule has 0 bridgehead atoms. The monoisotopic (exact) mass is 209 g/mol. The van der Waals surface area contributed by atoms with Crippen LogP contribution in [0.4, 0.5) is 0 Å². The molecule has 84 valence electrons. The molecule has 2 atom stereocenters. The number of rotatable bonds is 2. The average molecular weight is 209 g/mol. The Morgan fingerprint density at radius 2 is 2.20 bits per heavy atom. The van der Waals surface area contributed by atoms with E-state index in [1.54, 1.807) is 0 Å². The summed E-state index contributed by atoms with van der Waals surface area (Å²) in [5, 5.41) is 13.5. The van der Waals surface area contributed by atoms with Gasteiger partial charge < -0.3 is 15.4 Å². The Hall–Kier alpha value is -0.870. The molecule has 1 fully saturated rings. The standard InChI is InChI=1S/C11H19N3O/c1-7-8(2)14-11(13-7)10(15)9-5-3-4-6-12-9/h9-10,12,15H,3-6H2,1-2H3,(H,13,14). The third-order valence-corrected chi connectivity index (χ3v) is 3.16. The molecule has 1 aromatic rings.